The summed E-state index contributed by atoms with van der Waals surface area (Å²) in [6.07, 6.45) is 2.81. The topological polar surface area (TPSA) is 113 Å². The van der Waals surface area contributed by atoms with Gasteiger partial charge in [-0.05, 0) is 56.2 Å². The Kier molecular flexibility index (Phi) is 6.91. The van der Waals surface area contributed by atoms with E-state index in [0.29, 0.717) is 49.5 Å². The van der Waals surface area contributed by atoms with Gasteiger partial charge in [0, 0.05) is 44.2 Å². The Morgan fingerprint density at radius 1 is 1.19 bits per heavy atom. The number of H-pyrrole nitrogens is 1. The fourth-order valence-electron chi connectivity index (χ4n) is 5.71. The Bertz CT molecular complexity index is 1460. The second kappa shape index (κ2) is 10.00. The fourth-order valence-corrected chi connectivity index (χ4v) is 7.72. The van der Waals surface area contributed by atoms with Crippen molar-refractivity contribution in [2.75, 3.05) is 31.7 Å². The number of methoxy groups -OCH3 is 1. The molecule has 0 spiro atoms. The second-order valence-corrected chi connectivity index (χ2v) is 11.6. The van der Waals surface area contributed by atoms with Gasteiger partial charge < -0.3 is 9.64 Å². The number of piperidine rings is 1. The third kappa shape index (κ3) is 4.36. The fraction of sp³-hybridized carbons (Fsp3) is 0.444. The van der Waals surface area contributed by atoms with Gasteiger partial charge in [-0.3, -0.25) is 14.7 Å². The minimum Gasteiger partial charge on any atom is -0.385 e. The predicted octanol–water partition coefficient (Wildman–Crippen LogP) is 3.53. The van der Waals surface area contributed by atoms with Crippen molar-refractivity contribution >= 4 is 38.2 Å². The smallest absolute Gasteiger partial charge is 0.258 e. The summed E-state index contributed by atoms with van der Waals surface area (Å²) in [5.74, 6) is -0.181. The third-order valence-corrected chi connectivity index (χ3v) is 9.59. The molecule has 5 rings (SSSR count). The van der Waals surface area contributed by atoms with Crippen molar-refractivity contribution in [3.63, 3.8) is 0 Å². The maximum absolute atomic E-state index is 13.7. The van der Waals surface area contributed by atoms with Gasteiger partial charge in [0.25, 0.3) is 5.91 Å². The van der Waals surface area contributed by atoms with Crippen molar-refractivity contribution in [2.24, 2.45) is 0 Å². The predicted molar refractivity (Wildman–Crippen MR) is 140 cm³/mol. The molecule has 1 fully saturated rings. The number of hydrogen-bond donors (Lipinski definition) is 1. The first-order valence-electron chi connectivity index (χ1n) is 12.7. The first kappa shape index (κ1) is 25.6. The number of Topliss-reactive ketones (excluding diaryl/α,β-unsaturated/α-hetero) is 1. The number of carbonyl (C=O) groups is 2. The Hall–Kier alpha value is -3.08. The SMILES string of the molecule is COCCCN1C(=O)c2cccc3c(CC(=O)C4CCCCN4S(=O)(=O)c4c(C)n[nH]c4C)ccc1c23. The number of nitrogens with one attached hydrogen (secondary N) is 1. The number of ether oxygens (including phenoxy) is 1. The first-order valence-corrected chi connectivity index (χ1v) is 14.1. The van der Waals surface area contributed by atoms with Crippen LogP contribution in [0, 0.1) is 13.8 Å². The number of carbonyl (C=O) groups excluding carboxylic acids is 2. The van der Waals surface area contributed by atoms with Crippen LogP contribution in [0.5, 0.6) is 0 Å². The third-order valence-electron chi connectivity index (χ3n) is 7.42. The van der Waals surface area contributed by atoms with Crippen molar-refractivity contribution in [1.82, 2.24) is 14.5 Å². The van der Waals surface area contributed by atoms with Crippen LogP contribution >= 0.6 is 0 Å². The van der Waals surface area contributed by atoms with Gasteiger partial charge in [0.05, 0.1) is 23.1 Å². The van der Waals surface area contributed by atoms with Crippen molar-refractivity contribution in [3.05, 3.63) is 52.8 Å². The van der Waals surface area contributed by atoms with Crippen molar-refractivity contribution in [2.45, 2.75) is 56.9 Å². The zero-order chi connectivity index (χ0) is 26.3. The molecule has 2 aliphatic rings. The van der Waals surface area contributed by atoms with Crippen molar-refractivity contribution < 1.29 is 22.7 Å². The lowest BCUT2D eigenvalue weighted by Crippen LogP contribution is -2.48. The second-order valence-electron chi connectivity index (χ2n) is 9.81. The summed E-state index contributed by atoms with van der Waals surface area (Å²) in [5.41, 5.74) is 3.15. The van der Waals surface area contributed by atoms with Crippen LogP contribution in [-0.4, -0.2) is 67.5 Å². The van der Waals surface area contributed by atoms with E-state index in [1.54, 1.807) is 25.9 Å². The van der Waals surface area contributed by atoms with Crippen molar-refractivity contribution in [3.8, 4) is 0 Å². The number of nitrogens with zero attached hydrogens (tertiary/aromatic N) is 3. The number of rotatable bonds is 9. The maximum atomic E-state index is 13.7. The van der Waals surface area contributed by atoms with Gasteiger partial charge in [-0.15, -0.1) is 0 Å². The number of hydrogen-bond acceptors (Lipinski definition) is 6. The molecule has 1 amide bonds. The van der Waals surface area contributed by atoms with Gasteiger partial charge in [0.15, 0.2) is 5.78 Å². The van der Waals surface area contributed by atoms with E-state index in [-0.39, 0.29) is 23.0 Å². The highest BCUT2D eigenvalue weighted by molar-refractivity contribution is 7.89. The summed E-state index contributed by atoms with van der Waals surface area (Å²) in [5, 5.41) is 8.51. The Morgan fingerprint density at radius 3 is 2.73 bits per heavy atom. The Balaban J connectivity index is 1.45. The van der Waals surface area contributed by atoms with Gasteiger partial charge >= 0.3 is 0 Å². The molecule has 0 bridgehead atoms. The van der Waals surface area contributed by atoms with Crippen LogP contribution < -0.4 is 4.90 Å². The van der Waals surface area contributed by atoms with E-state index in [1.165, 1.54) is 4.31 Å². The van der Waals surface area contributed by atoms with E-state index in [0.717, 1.165) is 34.9 Å². The number of anilines is 1. The molecule has 0 radical (unpaired) electrons. The molecule has 0 saturated carbocycles. The quantitative estimate of drug-likeness (QED) is 0.429. The summed E-state index contributed by atoms with van der Waals surface area (Å²) in [7, 11) is -2.24. The normalized spacial score (nSPS) is 18.2. The molecule has 3 heterocycles. The molecular formula is C27H32N4O5S. The molecule has 0 aliphatic carbocycles. The molecule has 1 N–H and O–H groups in total. The molecule has 9 nitrogen and oxygen atoms in total. The zero-order valence-corrected chi connectivity index (χ0v) is 22.2. The number of aromatic nitrogens is 2. The van der Waals surface area contributed by atoms with Crippen LogP contribution in [-0.2, 0) is 26.0 Å². The molecule has 2 aromatic carbocycles. The average molecular weight is 525 g/mol. The largest absolute Gasteiger partial charge is 0.385 e. The summed E-state index contributed by atoms with van der Waals surface area (Å²) >= 11 is 0. The van der Waals surface area contributed by atoms with Crippen LogP contribution in [0.3, 0.4) is 0 Å². The highest BCUT2D eigenvalue weighted by atomic mass is 32.2. The first-order chi connectivity index (χ1) is 17.8. The van der Waals surface area contributed by atoms with Gasteiger partial charge in [0.1, 0.15) is 4.90 Å². The van der Waals surface area contributed by atoms with Crippen molar-refractivity contribution in [1.29, 1.82) is 0 Å². The number of ketones is 1. The molecule has 37 heavy (non-hydrogen) atoms. The number of aryl methyl sites for hydroxylation is 2. The number of benzene rings is 2. The molecule has 3 aromatic rings. The van der Waals surface area contributed by atoms with Gasteiger partial charge in [0.2, 0.25) is 10.0 Å². The molecule has 1 unspecified atom stereocenters. The monoisotopic (exact) mass is 524 g/mol. The molecule has 1 saturated heterocycles. The Morgan fingerprint density at radius 2 is 2.00 bits per heavy atom. The lowest BCUT2D eigenvalue weighted by Gasteiger charge is -2.33. The van der Waals surface area contributed by atoms with Crippen LogP contribution in [0.4, 0.5) is 5.69 Å². The van der Waals surface area contributed by atoms with Crippen LogP contribution in [0.25, 0.3) is 10.8 Å². The molecule has 2 aliphatic heterocycles. The van der Waals surface area contributed by atoms with Crippen LogP contribution in [0.15, 0.2) is 35.2 Å². The van der Waals surface area contributed by atoms with E-state index in [2.05, 4.69) is 10.2 Å². The maximum Gasteiger partial charge on any atom is 0.258 e. The minimum absolute atomic E-state index is 0.0458. The standard InChI is InChI=1S/C27H32N4O5S/c1-17-26(18(2)29-28-17)37(34,35)31-14-5-4-10-22(31)24(32)16-19-11-12-23-25-20(19)8-6-9-21(25)27(33)30(23)13-7-15-36-3/h6,8-9,11-12,22H,4-5,7,10,13-16H2,1-3H3,(H,28,29). The summed E-state index contributed by atoms with van der Waals surface area (Å²) in [6.45, 7) is 4.76. The average Bonchev–Trinajstić information content (AvgIpc) is 3.38. The van der Waals surface area contributed by atoms with Gasteiger partial charge in [-0.2, -0.15) is 9.40 Å². The molecule has 1 atom stereocenters. The van der Waals surface area contributed by atoms with E-state index in [1.807, 2.05) is 30.3 Å². The minimum atomic E-state index is -3.88. The highest BCUT2D eigenvalue weighted by Crippen LogP contribution is 2.39. The molecular weight excluding hydrogens is 492 g/mol. The van der Waals surface area contributed by atoms with Gasteiger partial charge in [-0.25, -0.2) is 8.42 Å². The van der Waals surface area contributed by atoms with Gasteiger partial charge in [-0.1, -0.05) is 24.6 Å². The van der Waals surface area contributed by atoms with E-state index in [9.17, 15) is 18.0 Å². The van der Waals surface area contributed by atoms with E-state index in [4.69, 9.17) is 4.74 Å². The summed E-state index contributed by atoms with van der Waals surface area (Å²) < 4.78 is 33.7. The summed E-state index contributed by atoms with van der Waals surface area (Å²) in [4.78, 5) is 28.7. The number of amides is 1. The van der Waals surface area contributed by atoms with Crippen LogP contribution in [0.2, 0.25) is 0 Å². The van der Waals surface area contributed by atoms with E-state index >= 15 is 0 Å². The molecule has 1 aromatic heterocycles. The summed E-state index contributed by atoms with van der Waals surface area (Å²) in [6, 6.07) is 8.66. The highest BCUT2D eigenvalue weighted by Gasteiger charge is 2.40. The van der Waals surface area contributed by atoms with Crippen LogP contribution in [0.1, 0.15) is 53.0 Å². The van der Waals surface area contributed by atoms with E-state index < -0.39 is 16.1 Å². The number of sulfonamides is 1. The lowest BCUT2D eigenvalue weighted by atomic mass is 9.93. The Labute approximate surface area is 216 Å². The lowest BCUT2D eigenvalue weighted by molar-refractivity contribution is -0.122. The zero-order valence-electron chi connectivity index (χ0n) is 21.4. The number of aromatic amines is 1. The molecule has 10 heteroatoms. The molecule has 196 valence electrons.